The van der Waals surface area contributed by atoms with E-state index in [0.29, 0.717) is 5.92 Å². The molecule has 0 fully saturated rings. The van der Waals surface area contributed by atoms with Crippen molar-refractivity contribution in [2.75, 3.05) is 13.7 Å². The number of rotatable bonds is 8. The van der Waals surface area contributed by atoms with Gasteiger partial charge in [0.1, 0.15) is 6.04 Å². The number of carboxylic acids is 1. The van der Waals surface area contributed by atoms with Crippen LogP contribution in [0.1, 0.15) is 31.7 Å². The van der Waals surface area contributed by atoms with E-state index >= 15 is 0 Å². The molecule has 1 rings (SSSR count). The molecular weight excluding hydrogens is 294 g/mol. The first-order valence-electron chi connectivity index (χ1n) is 6.65. The molecule has 0 saturated heterocycles. The standard InChI is InChI=1S/C14H21NO5S/c1-4-10(2)11-5-7-12(8-6-11)21(18,19)15-13(9-20-3)14(16)17/h5-8,10,13,15H,4,9H2,1-3H3,(H,16,17). The minimum Gasteiger partial charge on any atom is -0.480 e. The maximum atomic E-state index is 12.1. The van der Waals surface area contributed by atoms with Crippen molar-refractivity contribution in [1.29, 1.82) is 0 Å². The number of aliphatic carboxylic acids is 1. The third kappa shape index (κ3) is 4.80. The molecule has 21 heavy (non-hydrogen) atoms. The Morgan fingerprint density at radius 2 is 1.90 bits per heavy atom. The predicted molar refractivity (Wildman–Crippen MR) is 78.8 cm³/mol. The van der Waals surface area contributed by atoms with E-state index in [1.807, 2.05) is 0 Å². The van der Waals surface area contributed by atoms with Crippen LogP contribution in [0.5, 0.6) is 0 Å². The molecule has 0 radical (unpaired) electrons. The lowest BCUT2D eigenvalue weighted by atomic mass is 9.99. The Kier molecular flexibility index (Phi) is 6.32. The van der Waals surface area contributed by atoms with Crippen LogP contribution in [0.4, 0.5) is 0 Å². The first-order valence-corrected chi connectivity index (χ1v) is 8.14. The lowest BCUT2D eigenvalue weighted by Gasteiger charge is -2.15. The van der Waals surface area contributed by atoms with Crippen molar-refractivity contribution in [3.8, 4) is 0 Å². The zero-order valence-electron chi connectivity index (χ0n) is 12.4. The largest absolute Gasteiger partial charge is 0.480 e. The van der Waals surface area contributed by atoms with Crippen LogP contribution >= 0.6 is 0 Å². The zero-order chi connectivity index (χ0) is 16.0. The number of ether oxygens (including phenoxy) is 1. The second kappa shape index (κ2) is 7.53. The van der Waals surface area contributed by atoms with Gasteiger partial charge in [-0.15, -0.1) is 0 Å². The summed E-state index contributed by atoms with van der Waals surface area (Å²) in [7, 11) is -2.58. The molecule has 0 spiro atoms. The first-order chi connectivity index (χ1) is 9.81. The van der Waals surface area contributed by atoms with Crippen LogP contribution in [0, 0.1) is 0 Å². The van der Waals surface area contributed by atoms with Crippen LogP contribution in [0.2, 0.25) is 0 Å². The van der Waals surface area contributed by atoms with Gasteiger partial charge < -0.3 is 9.84 Å². The fourth-order valence-electron chi connectivity index (χ4n) is 1.79. The lowest BCUT2D eigenvalue weighted by molar-refractivity contribution is -0.140. The summed E-state index contributed by atoms with van der Waals surface area (Å²) in [5.74, 6) is -0.938. The van der Waals surface area contributed by atoms with Gasteiger partial charge in [-0.1, -0.05) is 26.0 Å². The normalized spacial score (nSPS) is 14.6. The summed E-state index contributed by atoms with van der Waals surface area (Å²) in [5, 5.41) is 8.96. The van der Waals surface area contributed by atoms with E-state index in [9.17, 15) is 13.2 Å². The summed E-state index contributed by atoms with van der Waals surface area (Å²) in [5.41, 5.74) is 1.04. The van der Waals surface area contributed by atoms with Gasteiger partial charge in [-0.3, -0.25) is 4.79 Å². The van der Waals surface area contributed by atoms with Gasteiger partial charge in [0, 0.05) is 7.11 Å². The molecule has 0 aliphatic heterocycles. The molecule has 6 nitrogen and oxygen atoms in total. The Morgan fingerprint density at radius 3 is 2.33 bits per heavy atom. The summed E-state index contributed by atoms with van der Waals surface area (Å²) in [6.07, 6.45) is 0.958. The maximum absolute atomic E-state index is 12.1. The minimum absolute atomic E-state index is 0.0388. The molecule has 2 N–H and O–H groups in total. The van der Waals surface area contributed by atoms with E-state index in [2.05, 4.69) is 18.6 Å². The molecule has 2 atom stereocenters. The molecule has 2 unspecified atom stereocenters. The second-order valence-corrected chi connectivity index (χ2v) is 6.56. The fourth-order valence-corrected chi connectivity index (χ4v) is 2.96. The van der Waals surface area contributed by atoms with Crippen molar-refractivity contribution >= 4 is 16.0 Å². The fraction of sp³-hybridized carbons (Fsp3) is 0.500. The quantitative estimate of drug-likeness (QED) is 0.760. The van der Waals surface area contributed by atoms with Crippen LogP contribution in [-0.2, 0) is 19.6 Å². The van der Waals surface area contributed by atoms with Gasteiger partial charge in [0.05, 0.1) is 11.5 Å². The molecular formula is C14H21NO5S. The van der Waals surface area contributed by atoms with Gasteiger partial charge in [0.15, 0.2) is 0 Å². The average Bonchev–Trinajstić information content (AvgIpc) is 2.45. The zero-order valence-corrected chi connectivity index (χ0v) is 13.2. The Balaban J connectivity index is 2.94. The Hall–Kier alpha value is -1.44. The number of benzene rings is 1. The van der Waals surface area contributed by atoms with E-state index in [1.165, 1.54) is 19.2 Å². The molecule has 0 aliphatic rings. The SMILES string of the molecule is CCC(C)c1ccc(S(=O)(=O)NC(COC)C(=O)O)cc1. The van der Waals surface area contributed by atoms with Crippen LogP contribution in [0.3, 0.4) is 0 Å². The molecule has 0 amide bonds. The number of carboxylic acid groups (broad SMARTS) is 1. The summed E-state index contributed by atoms with van der Waals surface area (Å²) in [6, 6.07) is 5.14. The smallest absolute Gasteiger partial charge is 0.324 e. The van der Waals surface area contributed by atoms with Gasteiger partial charge in [0.2, 0.25) is 10.0 Å². The number of nitrogens with one attached hydrogen (secondary N) is 1. The van der Waals surface area contributed by atoms with Crippen LogP contribution < -0.4 is 4.72 Å². The third-order valence-corrected chi connectivity index (χ3v) is 4.79. The number of sulfonamides is 1. The van der Waals surface area contributed by atoms with E-state index < -0.39 is 22.0 Å². The molecule has 118 valence electrons. The first kappa shape index (κ1) is 17.6. The number of carbonyl (C=O) groups is 1. The molecule has 0 bridgehead atoms. The minimum atomic E-state index is -3.89. The Labute approximate surface area is 125 Å². The third-order valence-electron chi connectivity index (χ3n) is 3.30. The van der Waals surface area contributed by atoms with Crippen molar-refractivity contribution in [3.05, 3.63) is 29.8 Å². The average molecular weight is 315 g/mol. The van der Waals surface area contributed by atoms with E-state index in [-0.39, 0.29) is 11.5 Å². The van der Waals surface area contributed by atoms with Crippen molar-refractivity contribution < 1.29 is 23.1 Å². The number of hydrogen-bond acceptors (Lipinski definition) is 4. The van der Waals surface area contributed by atoms with E-state index in [1.54, 1.807) is 12.1 Å². The summed E-state index contributed by atoms with van der Waals surface area (Å²) >= 11 is 0. The van der Waals surface area contributed by atoms with Crippen LogP contribution in [0.15, 0.2) is 29.2 Å². The van der Waals surface area contributed by atoms with Crippen molar-refractivity contribution in [1.82, 2.24) is 4.72 Å². The summed E-state index contributed by atoms with van der Waals surface area (Å²) in [6.45, 7) is 3.87. The highest BCUT2D eigenvalue weighted by atomic mass is 32.2. The molecule has 1 aromatic carbocycles. The van der Waals surface area contributed by atoms with Gasteiger partial charge in [0.25, 0.3) is 0 Å². The molecule has 0 aromatic heterocycles. The maximum Gasteiger partial charge on any atom is 0.324 e. The Morgan fingerprint density at radius 1 is 1.33 bits per heavy atom. The Bertz CT molecular complexity index is 568. The van der Waals surface area contributed by atoms with Gasteiger partial charge in [-0.25, -0.2) is 8.42 Å². The number of methoxy groups -OCH3 is 1. The molecule has 0 heterocycles. The molecule has 0 saturated carbocycles. The topological polar surface area (TPSA) is 92.7 Å². The van der Waals surface area contributed by atoms with E-state index in [0.717, 1.165) is 12.0 Å². The van der Waals surface area contributed by atoms with Gasteiger partial charge >= 0.3 is 5.97 Å². The highest BCUT2D eigenvalue weighted by molar-refractivity contribution is 7.89. The van der Waals surface area contributed by atoms with E-state index in [4.69, 9.17) is 9.84 Å². The van der Waals surface area contributed by atoms with Crippen molar-refractivity contribution in [2.24, 2.45) is 0 Å². The molecule has 0 aliphatic carbocycles. The molecule has 1 aromatic rings. The lowest BCUT2D eigenvalue weighted by Crippen LogP contribution is -2.43. The van der Waals surface area contributed by atoms with Crippen molar-refractivity contribution in [3.63, 3.8) is 0 Å². The van der Waals surface area contributed by atoms with Gasteiger partial charge in [-0.05, 0) is 30.0 Å². The van der Waals surface area contributed by atoms with Crippen molar-refractivity contribution in [2.45, 2.75) is 37.1 Å². The predicted octanol–water partition coefficient (Wildman–Crippen LogP) is 1.58. The van der Waals surface area contributed by atoms with Gasteiger partial charge in [-0.2, -0.15) is 4.72 Å². The molecule has 7 heteroatoms. The highest BCUT2D eigenvalue weighted by Crippen LogP contribution is 2.20. The summed E-state index contributed by atoms with van der Waals surface area (Å²) < 4.78 is 31.1. The second-order valence-electron chi connectivity index (χ2n) is 4.85. The van der Waals surface area contributed by atoms with Crippen LogP contribution in [-0.4, -0.2) is 39.3 Å². The number of hydrogen-bond donors (Lipinski definition) is 2. The summed E-state index contributed by atoms with van der Waals surface area (Å²) in [4.78, 5) is 11.0. The monoisotopic (exact) mass is 315 g/mol. The van der Waals surface area contributed by atoms with Crippen LogP contribution in [0.25, 0.3) is 0 Å². The highest BCUT2D eigenvalue weighted by Gasteiger charge is 2.25.